The van der Waals surface area contributed by atoms with Crippen LogP contribution in [0.5, 0.6) is 5.75 Å². The third kappa shape index (κ3) is 3.76. The molecule has 0 spiro atoms. The number of benzene rings is 1. The fraction of sp³-hybridized carbons (Fsp3) is 0.533. The zero-order valence-corrected chi connectivity index (χ0v) is 11.6. The predicted molar refractivity (Wildman–Crippen MR) is 72.2 cm³/mol. The van der Waals surface area contributed by atoms with Gasteiger partial charge in [-0.05, 0) is 36.8 Å². The van der Waals surface area contributed by atoms with E-state index in [0.29, 0.717) is 12.3 Å². The third-order valence-corrected chi connectivity index (χ3v) is 3.26. The zero-order valence-electron chi connectivity index (χ0n) is 11.6. The smallest absolute Gasteiger partial charge is 0.303 e. The number of aliphatic carboxylic acids is 1. The van der Waals surface area contributed by atoms with Gasteiger partial charge in [-0.3, -0.25) is 4.79 Å². The Labute approximate surface area is 109 Å². The Balaban J connectivity index is 3.04. The maximum atomic E-state index is 10.7. The first-order chi connectivity index (χ1) is 8.45. The molecule has 1 aromatic rings. The lowest BCUT2D eigenvalue weighted by molar-refractivity contribution is -0.137. The standard InChI is InChI=1S/C15H22O3/c1-10(2)12(6-8-15(16)17)13-9-11(3)5-7-14(13)18-4/h5,7,9-10,12H,6,8H2,1-4H3,(H,16,17)/t12-/m0/s1. The van der Waals surface area contributed by atoms with Crippen LogP contribution in [0.3, 0.4) is 0 Å². The number of carboxylic acid groups (broad SMARTS) is 1. The first kappa shape index (κ1) is 14.6. The van der Waals surface area contributed by atoms with Crippen LogP contribution >= 0.6 is 0 Å². The van der Waals surface area contributed by atoms with Crippen LogP contribution in [0.2, 0.25) is 0 Å². The molecular weight excluding hydrogens is 228 g/mol. The van der Waals surface area contributed by atoms with Crippen LogP contribution in [0, 0.1) is 12.8 Å². The number of carbonyl (C=O) groups is 1. The van der Waals surface area contributed by atoms with Crippen LogP contribution < -0.4 is 4.74 Å². The minimum Gasteiger partial charge on any atom is -0.496 e. The highest BCUT2D eigenvalue weighted by atomic mass is 16.5. The van der Waals surface area contributed by atoms with E-state index >= 15 is 0 Å². The molecule has 3 nitrogen and oxygen atoms in total. The summed E-state index contributed by atoms with van der Waals surface area (Å²) < 4.78 is 5.39. The minimum atomic E-state index is -0.743. The molecule has 100 valence electrons. The first-order valence-corrected chi connectivity index (χ1v) is 6.32. The zero-order chi connectivity index (χ0) is 13.7. The summed E-state index contributed by atoms with van der Waals surface area (Å²) >= 11 is 0. The summed E-state index contributed by atoms with van der Waals surface area (Å²) in [7, 11) is 1.66. The average molecular weight is 250 g/mol. The van der Waals surface area contributed by atoms with E-state index in [9.17, 15) is 4.79 Å². The molecule has 0 aliphatic heterocycles. The van der Waals surface area contributed by atoms with Crippen molar-refractivity contribution in [1.82, 2.24) is 0 Å². The van der Waals surface area contributed by atoms with Gasteiger partial charge in [-0.15, -0.1) is 0 Å². The Morgan fingerprint density at radius 2 is 2.06 bits per heavy atom. The molecule has 0 aliphatic carbocycles. The van der Waals surface area contributed by atoms with E-state index in [-0.39, 0.29) is 12.3 Å². The van der Waals surface area contributed by atoms with Crippen molar-refractivity contribution in [3.05, 3.63) is 29.3 Å². The van der Waals surface area contributed by atoms with Crippen LogP contribution in [0.15, 0.2) is 18.2 Å². The Hall–Kier alpha value is -1.51. The summed E-state index contributed by atoms with van der Waals surface area (Å²) in [5.41, 5.74) is 2.29. The summed E-state index contributed by atoms with van der Waals surface area (Å²) in [6, 6.07) is 6.07. The van der Waals surface area contributed by atoms with E-state index in [1.54, 1.807) is 7.11 Å². The van der Waals surface area contributed by atoms with E-state index in [4.69, 9.17) is 9.84 Å². The molecule has 0 saturated carbocycles. The quantitative estimate of drug-likeness (QED) is 0.839. The lowest BCUT2D eigenvalue weighted by Gasteiger charge is -2.23. The Morgan fingerprint density at radius 3 is 2.56 bits per heavy atom. The monoisotopic (exact) mass is 250 g/mol. The van der Waals surface area contributed by atoms with Gasteiger partial charge in [0.2, 0.25) is 0 Å². The number of methoxy groups -OCH3 is 1. The van der Waals surface area contributed by atoms with Crippen molar-refractivity contribution in [3.8, 4) is 5.75 Å². The van der Waals surface area contributed by atoms with E-state index in [2.05, 4.69) is 19.9 Å². The molecule has 0 bridgehead atoms. The summed E-state index contributed by atoms with van der Waals surface area (Å²) in [5, 5.41) is 8.84. The average Bonchev–Trinajstić information content (AvgIpc) is 2.28. The lowest BCUT2D eigenvalue weighted by Crippen LogP contribution is -2.11. The summed E-state index contributed by atoms with van der Waals surface area (Å²) in [6.45, 7) is 6.28. The lowest BCUT2D eigenvalue weighted by atomic mass is 9.83. The summed E-state index contributed by atoms with van der Waals surface area (Å²) in [5.74, 6) is 0.716. The molecule has 0 unspecified atom stereocenters. The van der Waals surface area contributed by atoms with E-state index in [1.165, 1.54) is 5.56 Å². The van der Waals surface area contributed by atoms with E-state index < -0.39 is 5.97 Å². The second-order valence-electron chi connectivity index (χ2n) is 5.03. The van der Waals surface area contributed by atoms with Gasteiger partial charge in [0.25, 0.3) is 0 Å². The Morgan fingerprint density at radius 1 is 1.39 bits per heavy atom. The second-order valence-corrected chi connectivity index (χ2v) is 5.03. The molecule has 0 aliphatic rings. The van der Waals surface area contributed by atoms with Crippen LogP contribution in [0.1, 0.15) is 43.7 Å². The highest BCUT2D eigenvalue weighted by Gasteiger charge is 2.20. The van der Waals surface area contributed by atoms with Crippen molar-refractivity contribution < 1.29 is 14.6 Å². The second kappa shape index (κ2) is 6.43. The van der Waals surface area contributed by atoms with Gasteiger partial charge >= 0.3 is 5.97 Å². The highest BCUT2D eigenvalue weighted by Crippen LogP contribution is 2.35. The summed E-state index contributed by atoms with van der Waals surface area (Å²) in [4.78, 5) is 10.7. The molecule has 1 atom stereocenters. The van der Waals surface area contributed by atoms with Gasteiger partial charge < -0.3 is 9.84 Å². The maximum absolute atomic E-state index is 10.7. The van der Waals surface area contributed by atoms with Crippen molar-refractivity contribution in [2.75, 3.05) is 7.11 Å². The van der Waals surface area contributed by atoms with Crippen LogP contribution in [0.4, 0.5) is 0 Å². The number of carboxylic acids is 1. The van der Waals surface area contributed by atoms with Crippen molar-refractivity contribution >= 4 is 5.97 Å². The molecule has 0 amide bonds. The number of ether oxygens (including phenoxy) is 1. The van der Waals surface area contributed by atoms with Gasteiger partial charge in [-0.25, -0.2) is 0 Å². The van der Waals surface area contributed by atoms with Crippen molar-refractivity contribution in [2.24, 2.45) is 5.92 Å². The first-order valence-electron chi connectivity index (χ1n) is 6.32. The predicted octanol–water partition coefficient (Wildman–Crippen LogP) is 3.61. The highest BCUT2D eigenvalue weighted by molar-refractivity contribution is 5.66. The molecule has 0 heterocycles. The number of rotatable bonds is 6. The molecule has 0 radical (unpaired) electrons. The topological polar surface area (TPSA) is 46.5 Å². The molecule has 1 aromatic carbocycles. The molecule has 1 rings (SSSR count). The number of hydrogen-bond acceptors (Lipinski definition) is 2. The number of aryl methyl sites for hydroxylation is 1. The normalized spacial score (nSPS) is 12.5. The van der Waals surface area contributed by atoms with Gasteiger partial charge in [-0.2, -0.15) is 0 Å². The fourth-order valence-electron chi connectivity index (χ4n) is 2.27. The molecular formula is C15H22O3. The minimum absolute atomic E-state index is 0.194. The van der Waals surface area contributed by atoms with Gasteiger partial charge in [0, 0.05) is 6.42 Å². The number of hydrogen-bond donors (Lipinski definition) is 1. The largest absolute Gasteiger partial charge is 0.496 e. The third-order valence-electron chi connectivity index (χ3n) is 3.26. The molecule has 0 saturated heterocycles. The van der Waals surface area contributed by atoms with Crippen LogP contribution in [0.25, 0.3) is 0 Å². The van der Waals surface area contributed by atoms with Crippen molar-refractivity contribution in [1.29, 1.82) is 0 Å². The van der Waals surface area contributed by atoms with E-state index in [0.717, 1.165) is 11.3 Å². The fourth-order valence-corrected chi connectivity index (χ4v) is 2.27. The van der Waals surface area contributed by atoms with Gasteiger partial charge in [0.1, 0.15) is 5.75 Å². The van der Waals surface area contributed by atoms with E-state index in [1.807, 2.05) is 19.1 Å². The molecule has 0 fully saturated rings. The molecule has 3 heteroatoms. The van der Waals surface area contributed by atoms with Crippen molar-refractivity contribution in [3.63, 3.8) is 0 Å². The SMILES string of the molecule is COc1ccc(C)cc1[C@@H](CCC(=O)O)C(C)C. The maximum Gasteiger partial charge on any atom is 0.303 e. The van der Waals surface area contributed by atoms with Gasteiger partial charge in [0.15, 0.2) is 0 Å². The Bertz CT molecular complexity index is 410. The van der Waals surface area contributed by atoms with Crippen LogP contribution in [-0.4, -0.2) is 18.2 Å². The van der Waals surface area contributed by atoms with Crippen LogP contribution in [-0.2, 0) is 4.79 Å². The molecule has 0 aromatic heterocycles. The van der Waals surface area contributed by atoms with Gasteiger partial charge in [-0.1, -0.05) is 31.5 Å². The summed E-state index contributed by atoms with van der Waals surface area (Å²) in [6.07, 6.45) is 0.840. The van der Waals surface area contributed by atoms with Gasteiger partial charge in [0.05, 0.1) is 7.11 Å². The Kier molecular flexibility index (Phi) is 5.20. The molecule has 18 heavy (non-hydrogen) atoms. The molecule has 1 N–H and O–H groups in total. The van der Waals surface area contributed by atoms with Crippen molar-refractivity contribution in [2.45, 2.75) is 39.5 Å².